The van der Waals surface area contributed by atoms with Crippen LogP contribution in [0, 0.1) is 0 Å². The van der Waals surface area contributed by atoms with Gasteiger partial charge in [0, 0.05) is 34.7 Å². The van der Waals surface area contributed by atoms with E-state index < -0.39 is 26.4 Å². The fraction of sp³-hybridized carbons (Fsp3) is 0.227. The van der Waals surface area contributed by atoms with Crippen LogP contribution in [0.5, 0.6) is 0 Å². The summed E-state index contributed by atoms with van der Waals surface area (Å²) in [5.74, 6) is -1.71. The first-order chi connectivity index (χ1) is 15.1. The van der Waals surface area contributed by atoms with Crippen LogP contribution in [0.25, 0.3) is 10.6 Å². The summed E-state index contributed by atoms with van der Waals surface area (Å²) in [5.41, 5.74) is 1.80. The summed E-state index contributed by atoms with van der Waals surface area (Å²) in [7, 11) is -3.73. The van der Waals surface area contributed by atoms with Crippen molar-refractivity contribution in [3.63, 3.8) is 0 Å². The maximum absolute atomic E-state index is 12.9. The lowest BCUT2D eigenvalue weighted by atomic mass is 10.1. The molecule has 0 bridgehead atoms. The van der Waals surface area contributed by atoms with Crippen molar-refractivity contribution >= 4 is 48.9 Å². The Kier molecular flexibility index (Phi) is 7.47. The molecule has 0 spiro atoms. The Morgan fingerprint density at radius 3 is 2.22 bits per heavy atom. The fourth-order valence-electron chi connectivity index (χ4n) is 2.80. The average molecular weight is 536 g/mol. The van der Waals surface area contributed by atoms with E-state index in [4.69, 9.17) is 0 Å². The highest BCUT2D eigenvalue weighted by Crippen LogP contribution is 2.26. The second-order valence-electron chi connectivity index (χ2n) is 7.62. The summed E-state index contributed by atoms with van der Waals surface area (Å²) >= 11 is 4.81. The molecule has 168 valence electrons. The molecule has 0 aliphatic carbocycles. The number of nitrogens with zero attached hydrogens (tertiary/aromatic N) is 1. The zero-order valence-corrected chi connectivity index (χ0v) is 20.7. The van der Waals surface area contributed by atoms with Gasteiger partial charge in [0.2, 0.25) is 0 Å². The molecular weight excluding hydrogens is 514 g/mol. The second-order valence-corrected chi connectivity index (χ2v) is 12.0. The van der Waals surface area contributed by atoms with Gasteiger partial charge in [0.15, 0.2) is 9.84 Å². The average Bonchev–Trinajstić information content (AvgIpc) is 3.31. The van der Waals surface area contributed by atoms with Crippen LogP contribution in [0.15, 0.2) is 69.5 Å². The summed E-state index contributed by atoms with van der Waals surface area (Å²) in [6.07, 6.45) is 1.73. The molecular formula is C22H22BrN3O4S2. The standard InChI is InChI=1S/C22H22BrN3O4S2/c1-22(2,32(29,30)18-9-7-17(23)8-10-18)14-26-20(28)19(27)25-13-15-3-5-16(6-4-15)21-24-11-12-31-21/h3-12H,13-14H2,1-2H3,(H,25,27)(H,26,28). The molecule has 3 aromatic rings. The maximum Gasteiger partial charge on any atom is 0.309 e. The first-order valence-electron chi connectivity index (χ1n) is 9.65. The van der Waals surface area contributed by atoms with Crippen LogP contribution in [-0.2, 0) is 26.0 Å². The minimum Gasteiger partial charge on any atom is -0.346 e. The zero-order chi connectivity index (χ0) is 23.4. The van der Waals surface area contributed by atoms with Crippen molar-refractivity contribution in [2.24, 2.45) is 0 Å². The van der Waals surface area contributed by atoms with Crippen LogP contribution in [0.2, 0.25) is 0 Å². The van der Waals surface area contributed by atoms with Gasteiger partial charge in [0.25, 0.3) is 0 Å². The summed E-state index contributed by atoms with van der Waals surface area (Å²) in [4.78, 5) is 28.7. The topological polar surface area (TPSA) is 105 Å². The fourth-order valence-corrected chi connectivity index (χ4v) is 5.10. The molecule has 0 unspecified atom stereocenters. The lowest BCUT2D eigenvalue weighted by Crippen LogP contribution is -2.48. The Morgan fingerprint density at radius 2 is 1.62 bits per heavy atom. The second kappa shape index (κ2) is 9.93. The Balaban J connectivity index is 1.53. The predicted molar refractivity (Wildman–Crippen MR) is 128 cm³/mol. The van der Waals surface area contributed by atoms with Gasteiger partial charge in [0.05, 0.1) is 9.64 Å². The third kappa shape index (κ3) is 5.62. The Bertz CT molecular complexity index is 1190. The van der Waals surface area contributed by atoms with Crippen molar-refractivity contribution in [2.75, 3.05) is 6.54 Å². The molecule has 0 saturated carbocycles. The smallest absolute Gasteiger partial charge is 0.309 e. The van der Waals surface area contributed by atoms with E-state index >= 15 is 0 Å². The Morgan fingerprint density at radius 1 is 1.00 bits per heavy atom. The largest absolute Gasteiger partial charge is 0.346 e. The molecule has 0 aliphatic heterocycles. The molecule has 2 amide bonds. The van der Waals surface area contributed by atoms with E-state index in [9.17, 15) is 18.0 Å². The van der Waals surface area contributed by atoms with Crippen molar-refractivity contribution in [3.8, 4) is 10.6 Å². The van der Waals surface area contributed by atoms with E-state index in [1.807, 2.05) is 29.6 Å². The maximum atomic E-state index is 12.9. The van der Waals surface area contributed by atoms with Gasteiger partial charge in [-0.05, 0) is 43.7 Å². The van der Waals surface area contributed by atoms with Crippen LogP contribution in [0.1, 0.15) is 19.4 Å². The van der Waals surface area contributed by atoms with E-state index in [0.29, 0.717) is 0 Å². The van der Waals surface area contributed by atoms with Crippen molar-refractivity contribution in [3.05, 3.63) is 70.1 Å². The molecule has 1 aromatic heterocycles. The van der Waals surface area contributed by atoms with E-state index in [1.165, 1.54) is 37.3 Å². The molecule has 1 heterocycles. The molecule has 2 N–H and O–H groups in total. The quantitative estimate of drug-likeness (QED) is 0.450. The number of hydrogen-bond acceptors (Lipinski definition) is 6. The molecule has 0 fully saturated rings. The van der Waals surface area contributed by atoms with Gasteiger partial charge in [-0.15, -0.1) is 11.3 Å². The number of carbonyl (C=O) groups is 2. The van der Waals surface area contributed by atoms with E-state index in [-0.39, 0.29) is 18.0 Å². The van der Waals surface area contributed by atoms with Crippen LogP contribution >= 0.6 is 27.3 Å². The number of benzene rings is 2. The van der Waals surface area contributed by atoms with Crippen LogP contribution in [-0.4, -0.2) is 36.5 Å². The summed E-state index contributed by atoms with van der Waals surface area (Å²) in [6, 6.07) is 13.8. The number of rotatable bonds is 7. The van der Waals surface area contributed by atoms with Gasteiger partial charge < -0.3 is 10.6 Å². The molecule has 10 heteroatoms. The number of halogens is 1. The molecule has 2 aromatic carbocycles. The highest BCUT2D eigenvalue weighted by Gasteiger charge is 2.36. The predicted octanol–water partition coefficient (Wildman–Crippen LogP) is 3.56. The zero-order valence-electron chi connectivity index (χ0n) is 17.5. The summed E-state index contributed by atoms with van der Waals surface area (Å²) < 4.78 is 25.3. The first-order valence-corrected chi connectivity index (χ1v) is 12.8. The lowest BCUT2D eigenvalue weighted by Gasteiger charge is -2.25. The van der Waals surface area contributed by atoms with Crippen molar-refractivity contribution in [2.45, 2.75) is 30.0 Å². The molecule has 0 atom stereocenters. The van der Waals surface area contributed by atoms with Crippen molar-refractivity contribution in [1.82, 2.24) is 15.6 Å². The van der Waals surface area contributed by atoms with Crippen LogP contribution in [0.4, 0.5) is 0 Å². The van der Waals surface area contributed by atoms with Crippen LogP contribution in [0.3, 0.4) is 0 Å². The van der Waals surface area contributed by atoms with E-state index in [2.05, 4.69) is 31.5 Å². The van der Waals surface area contributed by atoms with Gasteiger partial charge in [0.1, 0.15) is 5.01 Å². The van der Waals surface area contributed by atoms with Gasteiger partial charge in [-0.2, -0.15) is 0 Å². The van der Waals surface area contributed by atoms with Gasteiger partial charge in [-0.25, -0.2) is 13.4 Å². The molecule has 0 aliphatic rings. The molecule has 7 nitrogen and oxygen atoms in total. The first kappa shape index (κ1) is 24.1. The van der Waals surface area contributed by atoms with Gasteiger partial charge in [-0.1, -0.05) is 40.2 Å². The van der Waals surface area contributed by atoms with Gasteiger partial charge >= 0.3 is 11.8 Å². The van der Waals surface area contributed by atoms with Crippen LogP contribution < -0.4 is 10.6 Å². The number of nitrogens with one attached hydrogen (secondary N) is 2. The lowest BCUT2D eigenvalue weighted by molar-refractivity contribution is -0.139. The highest BCUT2D eigenvalue weighted by molar-refractivity contribution is 9.10. The SMILES string of the molecule is CC(C)(CNC(=O)C(=O)NCc1ccc(-c2nccs2)cc1)S(=O)(=O)c1ccc(Br)cc1. The van der Waals surface area contributed by atoms with Gasteiger partial charge in [-0.3, -0.25) is 9.59 Å². The molecule has 32 heavy (non-hydrogen) atoms. The number of sulfone groups is 1. The Labute approximate surface area is 199 Å². The normalized spacial score (nSPS) is 11.7. The third-order valence-corrected chi connectivity index (χ3v) is 8.66. The number of aromatic nitrogens is 1. The monoisotopic (exact) mass is 535 g/mol. The molecule has 0 saturated heterocycles. The number of amides is 2. The van der Waals surface area contributed by atoms with E-state index in [1.54, 1.807) is 18.3 Å². The third-order valence-electron chi connectivity index (χ3n) is 4.82. The van der Waals surface area contributed by atoms with Crippen molar-refractivity contribution < 1.29 is 18.0 Å². The highest BCUT2D eigenvalue weighted by atomic mass is 79.9. The number of hydrogen-bond donors (Lipinski definition) is 2. The summed E-state index contributed by atoms with van der Waals surface area (Å²) in [6.45, 7) is 2.98. The van der Waals surface area contributed by atoms with E-state index in [0.717, 1.165) is 20.6 Å². The Hall–Kier alpha value is -2.56. The van der Waals surface area contributed by atoms with Crippen molar-refractivity contribution in [1.29, 1.82) is 0 Å². The minimum absolute atomic E-state index is 0.144. The molecule has 3 rings (SSSR count). The summed E-state index contributed by atoms with van der Waals surface area (Å²) in [5, 5.41) is 7.77. The molecule has 0 radical (unpaired) electrons. The number of carbonyl (C=O) groups excluding carboxylic acids is 2. The minimum atomic E-state index is -3.73. The number of thiazole rings is 1.